The van der Waals surface area contributed by atoms with E-state index in [1.807, 2.05) is 12.3 Å². The van der Waals surface area contributed by atoms with Gasteiger partial charge in [0.1, 0.15) is 0 Å². The van der Waals surface area contributed by atoms with Crippen LogP contribution in [-0.4, -0.2) is 28.0 Å². The molecule has 20 heavy (non-hydrogen) atoms. The van der Waals surface area contributed by atoms with E-state index in [1.165, 1.54) is 10.9 Å². The molecular weight excluding hydrogens is 266 g/mol. The Kier molecular flexibility index (Phi) is 5.04. The van der Waals surface area contributed by atoms with E-state index >= 15 is 0 Å². The molecule has 1 aromatic carbocycles. The van der Waals surface area contributed by atoms with Crippen molar-refractivity contribution < 1.29 is 0 Å². The van der Waals surface area contributed by atoms with Crippen molar-refractivity contribution in [2.45, 2.75) is 20.4 Å². The third-order valence-electron chi connectivity index (χ3n) is 3.58. The Balaban J connectivity index is 2.19. The van der Waals surface area contributed by atoms with E-state index < -0.39 is 0 Å². The summed E-state index contributed by atoms with van der Waals surface area (Å²) in [5, 5.41) is 1.18. The van der Waals surface area contributed by atoms with Gasteiger partial charge in [-0.3, -0.25) is 9.88 Å². The molecule has 0 aliphatic heterocycles. The maximum atomic E-state index is 5.72. The molecule has 0 saturated heterocycles. The van der Waals surface area contributed by atoms with Crippen LogP contribution in [0, 0.1) is 5.92 Å². The van der Waals surface area contributed by atoms with Crippen LogP contribution >= 0.6 is 12.2 Å². The molecule has 1 unspecified atom stereocenters. The normalized spacial score (nSPS) is 12.8. The monoisotopic (exact) mass is 287 g/mol. The van der Waals surface area contributed by atoms with Crippen LogP contribution in [0.1, 0.15) is 19.4 Å². The summed E-state index contributed by atoms with van der Waals surface area (Å²) in [6.07, 6.45) is 1.85. The zero-order valence-corrected chi connectivity index (χ0v) is 12.9. The number of thiocarbonyl (C=S) groups is 1. The number of pyridine rings is 1. The van der Waals surface area contributed by atoms with Gasteiger partial charge in [-0.2, -0.15) is 0 Å². The van der Waals surface area contributed by atoms with Crippen molar-refractivity contribution in [3.63, 3.8) is 0 Å². The number of nitrogens with two attached hydrogens (primary N) is 1. The van der Waals surface area contributed by atoms with Gasteiger partial charge in [-0.1, -0.05) is 50.3 Å². The minimum Gasteiger partial charge on any atom is -0.393 e. The van der Waals surface area contributed by atoms with Crippen molar-refractivity contribution >= 4 is 28.1 Å². The summed E-state index contributed by atoms with van der Waals surface area (Å²) in [6.45, 7) is 6.96. The van der Waals surface area contributed by atoms with Gasteiger partial charge in [0.25, 0.3) is 0 Å². The molecule has 4 heteroatoms. The van der Waals surface area contributed by atoms with Gasteiger partial charge in [-0.05, 0) is 18.2 Å². The zero-order valence-electron chi connectivity index (χ0n) is 12.0. The molecule has 106 valence electrons. The molecule has 0 radical (unpaired) electrons. The molecule has 1 aromatic heterocycles. The highest BCUT2D eigenvalue weighted by Gasteiger charge is 2.12. The van der Waals surface area contributed by atoms with Crippen LogP contribution in [0.2, 0.25) is 0 Å². The number of benzene rings is 1. The van der Waals surface area contributed by atoms with Gasteiger partial charge in [0.15, 0.2) is 0 Å². The second-order valence-corrected chi connectivity index (χ2v) is 5.59. The molecule has 0 aliphatic rings. The van der Waals surface area contributed by atoms with Crippen molar-refractivity contribution in [1.82, 2.24) is 9.88 Å². The molecule has 0 amide bonds. The van der Waals surface area contributed by atoms with Crippen molar-refractivity contribution in [2.75, 3.05) is 13.1 Å². The lowest BCUT2D eigenvalue weighted by Crippen LogP contribution is -2.33. The first kappa shape index (κ1) is 14.9. The number of hydrogen-bond acceptors (Lipinski definition) is 3. The van der Waals surface area contributed by atoms with Gasteiger partial charge in [-0.25, -0.2) is 0 Å². The van der Waals surface area contributed by atoms with Crippen LogP contribution in [0.15, 0.2) is 36.5 Å². The van der Waals surface area contributed by atoms with E-state index in [-0.39, 0.29) is 5.92 Å². The Bertz CT molecular complexity index is 592. The Hall–Kier alpha value is -1.52. The van der Waals surface area contributed by atoms with Crippen LogP contribution in [0.3, 0.4) is 0 Å². The fourth-order valence-electron chi connectivity index (χ4n) is 2.32. The lowest BCUT2D eigenvalue weighted by atomic mass is 10.1. The molecular formula is C16H21N3S. The van der Waals surface area contributed by atoms with Crippen LogP contribution < -0.4 is 5.73 Å². The van der Waals surface area contributed by atoms with E-state index in [4.69, 9.17) is 18.0 Å². The maximum Gasteiger partial charge on any atom is 0.0768 e. The largest absolute Gasteiger partial charge is 0.393 e. The standard InChI is InChI=1S/C16H21N3S/c1-3-19(10-12(2)16(17)20)11-14-7-4-6-13-8-5-9-18-15(13)14/h4-9,12H,3,10-11H2,1-2H3,(H2,17,20). The fourth-order valence-corrected chi connectivity index (χ4v) is 2.39. The summed E-state index contributed by atoms with van der Waals surface area (Å²) in [5.74, 6) is 0.230. The molecule has 0 aliphatic carbocycles. The van der Waals surface area contributed by atoms with E-state index in [2.05, 4.69) is 48.0 Å². The van der Waals surface area contributed by atoms with Gasteiger partial charge >= 0.3 is 0 Å². The third kappa shape index (κ3) is 3.52. The number of nitrogens with zero attached hydrogens (tertiary/aromatic N) is 2. The molecule has 0 fully saturated rings. The summed E-state index contributed by atoms with van der Waals surface area (Å²) in [6, 6.07) is 10.4. The lowest BCUT2D eigenvalue weighted by Gasteiger charge is -2.24. The summed E-state index contributed by atoms with van der Waals surface area (Å²) in [7, 11) is 0. The predicted octanol–water partition coefficient (Wildman–Crippen LogP) is 2.98. The predicted molar refractivity (Wildman–Crippen MR) is 88.6 cm³/mol. The minimum absolute atomic E-state index is 0.230. The third-order valence-corrected chi connectivity index (χ3v) is 3.98. The number of fused-ring (bicyclic) bond motifs is 1. The minimum atomic E-state index is 0.230. The van der Waals surface area contributed by atoms with Crippen molar-refractivity contribution in [3.05, 3.63) is 42.1 Å². The number of aromatic nitrogens is 1. The average Bonchev–Trinajstić information content (AvgIpc) is 2.46. The van der Waals surface area contributed by atoms with Gasteiger partial charge in [-0.15, -0.1) is 0 Å². The number of hydrogen-bond donors (Lipinski definition) is 1. The van der Waals surface area contributed by atoms with Gasteiger partial charge in [0.2, 0.25) is 0 Å². The SMILES string of the molecule is CCN(Cc1cccc2cccnc12)CC(C)C(N)=S. The van der Waals surface area contributed by atoms with E-state index in [0.29, 0.717) is 4.99 Å². The summed E-state index contributed by atoms with van der Waals surface area (Å²) >= 11 is 5.06. The summed E-state index contributed by atoms with van der Waals surface area (Å²) < 4.78 is 0. The van der Waals surface area contributed by atoms with Crippen LogP contribution in [0.25, 0.3) is 10.9 Å². The summed E-state index contributed by atoms with van der Waals surface area (Å²) in [5.41, 5.74) is 8.05. The van der Waals surface area contributed by atoms with Gasteiger partial charge in [0, 0.05) is 30.6 Å². The van der Waals surface area contributed by atoms with Gasteiger partial charge < -0.3 is 5.73 Å². The Morgan fingerprint density at radius 1 is 1.35 bits per heavy atom. The number of para-hydroxylation sites is 1. The van der Waals surface area contributed by atoms with Crippen LogP contribution in [0.5, 0.6) is 0 Å². The zero-order chi connectivity index (χ0) is 14.5. The fraction of sp³-hybridized carbons (Fsp3) is 0.375. The molecule has 0 spiro atoms. The van der Waals surface area contributed by atoms with E-state index in [1.54, 1.807) is 0 Å². The molecule has 2 rings (SSSR count). The Morgan fingerprint density at radius 2 is 2.10 bits per heavy atom. The molecule has 0 bridgehead atoms. The summed E-state index contributed by atoms with van der Waals surface area (Å²) in [4.78, 5) is 7.44. The average molecular weight is 287 g/mol. The second-order valence-electron chi connectivity index (χ2n) is 5.12. The molecule has 1 atom stereocenters. The van der Waals surface area contributed by atoms with Crippen molar-refractivity contribution in [1.29, 1.82) is 0 Å². The quantitative estimate of drug-likeness (QED) is 0.829. The van der Waals surface area contributed by atoms with Gasteiger partial charge in [0.05, 0.1) is 10.5 Å². The second kappa shape index (κ2) is 6.77. The molecule has 1 heterocycles. The molecule has 2 aromatic rings. The highest BCUT2D eigenvalue weighted by molar-refractivity contribution is 7.80. The highest BCUT2D eigenvalue weighted by atomic mass is 32.1. The number of rotatable bonds is 6. The van der Waals surface area contributed by atoms with Crippen LogP contribution in [-0.2, 0) is 6.54 Å². The molecule has 0 saturated carbocycles. The Morgan fingerprint density at radius 3 is 2.80 bits per heavy atom. The molecule has 2 N–H and O–H groups in total. The first-order valence-corrected chi connectivity index (χ1v) is 7.37. The first-order valence-electron chi connectivity index (χ1n) is 6.96. The topological polar surface area (TPSA) is 42.2 Å². The first-order chi connectivity index (χ1) is 9.61. The van der Waals surface area contributed by atoms with E-state index in [9.17, 15) is 0 Å². The van der Waals surface area contributed by atoms with Crippen molar-refractivity contribution in [3.8, 4) is 0 Å². The maximum absolute atomic E-state index is 5.72. The van der Waals surface area contributed by atoms with Crippen LogP contribution in [0.4, 0.5) is 0 Å². The van der Waals surface area contributed by atoms with E-state index in [0.717, 1.165) is 25.2 Å². The molecule has 3 nitrogen and oxygen atoms in total. The van der Waals surface area contributed by atoms with Crippen molar-refractivity contribution in [2.24, 2.45) is 11.7 Å². The highest BCUT2D eigenvalue weighted by Crippen LogP contribution is 2.18. The Labute approximate surface area is 125 Å². The smallest absolute Gasteiger partial charge is 0.0768 e. The lowest BCUT2D eigenvalue weighted by molar-refractivity contribution is 0.265.